The molecule has 1 saturated heterocycles. The van der Waals surface area contributed by atoms with Gasteiger partial charge in [-0.25, -0.2) is 8.42 Å². The standard InChI is InChI=1S/C20H20ClNO4S/c1-27(25,26)17-8-4-15(5-9-17)19(14-2-6-16(21)7-3-14)18-10-11-22(12-13-23)20(18)24/h2-9,23H,10-13H2,1H3/b19-18-. The molecule has 0 atom stereocenters. The quantitative estimate of drug-likeness (QED) is 0.776. The van der Waals surface area contributed by atoms with Crippen LogP contribution in [0.1, 0.15) is 17.5 Å². The molecule has 0 spiro atoms. The first-order valence-corrected chi connectivity index (χ1v) is 10.8. The number of halogens is 1. The highest BCUT2D eigenvalue weighted by atomic mass is 35.5. The van der Waals surface area contributed by atoms with E-state index in [0.29, 0.717) is 30.1 Å². The Labute approximate surface area is 163 Å². The topological polar surface area (TPSA) is 74.7 Å². The number of amides is 1. The molecular weight excluding hydrogens is 386 g/mol. The molecule has 0 saturated carbocycles. The molecule has 0 radical (unpaired) electrons. The van der Waals surface area contributed by atoms with E-state index < -0.39 is 9.84 Å². The van der Waals surface area contributed by atoms with Crippen LogP contribution in [-0.4, -0.2) is 50.3 Å². The molecule has 5 nitrogen and oxygen atoms in total. The van der Waals surface area contributed by atoms with Gasteiger partial charge in [-0.3, -0.25) is 4.79 Å². The molecular formula is C20H20ClNO4S. The van der Waals surface area contributed by atoms with Gasteiger partial charge in [-0.1, -0.05) is 35.9 Å². The number of carbonyl (C=O) groups excluding carboxylic acids is 1. The maximum absolute atomic E-state index is 12.8. The van der Waals surface area contributed by atoms with Gasteiger partial charge >= 0.3 is 0 Å². The summed E-state index contributed by atoms with van der Waals surface area (Å²) in [6.07, 6.45) is 1.72. The van der Waals surface area contributed by atoms with Gasteiger partial charge in [-0.05, 0) is 47.4 Å². The number of hydrogen-bond acceptors (Lipinski definition) is 4. The second-order valence-electron chi connectivity index (χ2n) is 6.42. The monoisotopic (exact) mass is 405 g/mol. The third-order valence-electron chi connectivity index (χ3n) is 4.55. The first-order chi connectivity index (χ1) is 12.8. The molecule has 1 aliphatic heterocycles. The summed E-state index contributed by atoms with van der Waals surface area (Å²) in [4.78, 5) is 14.7. The molecule has 142 valence electrons. The van der Waals surface area contributed by atoms with Crippen molar-refractivity contribution in [3.8, 4) is 0 Å². The van der Waals surface area contributed by atoms with E-state index in [1.54, 1.807) is 41.3 Å². The summed E-state index contributed by atoms with van der Waals surface area (Å²) < 4.78 is 23.5. The van der Waals surface area contributed by atoms with E-state index in [2.05, 4.69) is 0 Å². The van der Waals surface area contributed by atoms with Crippen LogP contribution in [0.2, 0.25) is 5.02 Å². The summed E-state index contributed by atoms with van der Waals surface area (Å²) in [6, 6.07) is 13.7. The minimum absolute atomic E-state index is 0.0850. The minimum atomic E-state index is -3.30. The van der Waals surface area contributed by atoms with Crippen molar-refractivity contribution < 1.29 is 18.3 Å². The number of aliphatic hydroxyl groups excluding tert-OH is 1. The second kappa shape index (κ2) is 7.84. The molecule has 1 heterocycles. The average molecular weight is 406 g/mol. The van der Waals surface area contributed by atoms with Gasteiger partial charge in [0.1, 0.15) is 0 Å². The molecule has 1 aliphatic rings. The molecule has 0 aromatic heterocycles. The molecule has 0 unspecified atom stereocenters. The summed E-state index contributed by atoms with van der Waals surface area (Å²) in [5, 5.41) is 9.75. The number of nitrogens with zero attached hydrogens (tertiary/aromatic N) is 1. The molecule has 1 N–H and O–H groups in total. The summed E-state index contributed by atoms with van der Waals surface area (Å²) >= 11 is 6.00. The molecule has 2 aromatic rings. The Bertz CT molecular complexity index is 980. The number of aliphatic hydroxyl groups is 1. The van der Waals surface area contributed by atoms with Crippen LogP contribution >= 0.6 is 11.6 Å². The Morgan fingerprint density at radius 1 is 1.07 bits per heavy atom. The van der Waals surface area contributed by atoms with Crippen LogP contribution in [0.25, 0.3) is 5.57 Å². The van der Waals surface area contributed by atoms with E-state index in [4.69, 9.17) is 16.7 Å². The Morgan fingerprint density at radius 2 is 1.63 bits per heavy atom. The van der Waals surface area contributed by atoms with Crippen LogP contribution in [0.5, 0.6) is 0 Å². The summed E-state index contributed by atoms with van der Waals surface area (Å²) in [5.41, 5.74) is 3.01. The van der Waals surface area contributed by atoms with Crippen LogP contribution in [0.4, 0.5) is 0 Å². The maximum atomic E-state index is 12.8. The molecule has 0 bridgehead atoms. The third kappa shape index (κ3) is 4.24. The molecule has 1 fully saturated rings. The first kappa shape index (κ1) is 19.6. The smallest absolute Gasteiger partial charge is 0.250 e. The number of likely N-dealkylation sites (tertiary alicyclic amines) is 1. The molecule has 2 aromatic carbocycles. The van der Waals surface area contributed by atoms with Crippen molar-refractivity contribution in [1.29, 1.82) is 0 Å². The Morgan fingerprint density at radius 3 is 2.15 bits per heavy atom. The number of sulfone groups is 1. The Balaban J connectivity index is 2.13. The van der Waals surface area contributed by atoms with E-state index in [0.717, 1.165) is 23.0 Å². The third-order valence-corrected chi connectivity index (χ3v) is 5.93. The fraction of sp³-hybridized carbons (Fsp3) is 0.250. The van der Waals surface area contributed by atoms with Crippen molar-refractivity contribution >= 4 is 32.9 Å². The van der Waals surface area contributed by atoms with Crippen LogP contribution in [-0.2, 0) is 14.6 Å². The van der Waals surface area contributed by atoms with E-state index in [1.165, 1.54) is 0 Å². The second-order valence-corrected chi connectivity index (χ2v) is 8.87. The lowest BCUT2D eigenvalue weighted by Crippen LogP contribution is -2.28. The van der Waals surface area contributed by atoms with E-state index in [-0.39, 0.29) is 17.4 Å². The number of hydrogen-bond donors (Lipinski definition) is 1. The van der Waals surface area contributed by atoms with Crippen LogP contribution in [0.3, 0.4) is 0 Å². The van der Waals surface area contributed by atoms with Crippen LogP contribution in [0.15, 0.2) is 59.0 Å². The highest BCUT2D eigenvalue weighted by Gasteiger charge is 2.29. The van der Waals surface area contributed by atoms with Crippen LogP contribution < -0.4 is 0 Å². The number of β-amino-alcohol motifs (C(OH)–C–C–N with tert-alkyl or cyclic N) is 1. The lowest BCUT2D eigenvalue weighted by atomic mass is 9.92. The lowest BCUT2D eigenvalue weighted by molar-refractivity contribution is -0.125. The predicted octanol–water partition coefficient (Wildman–Crippen LogP) is 2.77. The van der Waals surface area contributed by atoms with Gasteiger partial charge in [0, 0.05) is 29.9 Å². The van der Waals surface area contributed by atoms with Crippen molar-refractivity contribution in [3.05, 3.63) is 70.3 Å². The van der Waals surface area contributed by atoms with Crippen molar-refractivity contribution in [1.82, 2.24) is 4.90 Å². The van der Waals surface area contributed by atoms with Crippen molar-refractivity contribution in [3.63, 3.8) is 0 Å². The van der Waals surface area contributed by atoms with E-state index in [1.807, 2.05) is 12.1 Å². The van der Waals surface area contributed by atoms with E-state index >= 15 is 0 Å². The zero-order valence-electron chi connectivity index (χ0n) is 14.9. The van der Waals surface area contributed by atoms with Crippen molar-refractivity contribution in [2.45, 2.75) is 11.3 Å². The molecule has 3 rings (SSSR count). The number of carbonyl (C=O) groups is 1. The summed E-state index contributed by atoms with van der Waals surface area (Å²) in [5.74, 6) is -0.110. The van der Waals surface area contributed by atoms with Gasteiger partial charge in [0.2, 0.25) is 0 Å². The molecule has 0 aliphatic carbocycles. The predicted molar refractivity (Wildman–Crippen MR) is 105 cm³/mol. The molecule has 27 heavy (non-hydrogen) atoms. The van der Waals surface area contributed by atoms with E-state index in [9.17, 15) is 13.2 Å². The minimum Gasteiger partial charge on any atom is -0.395 e. The number of benzene rings is 2. The van der Waals surface area contributed by atoms with Crippen LogP contribution in [0, 0.1) is 0 Å². The zero-order valence-corrected chi connectivity index (χ0v) is 16.4. The normalized spacial score (nSPS) is 16.7. The largest absolute Gasteiger partial charge is 0.395 e. The fourth-order valence-corrected chi connectivity index (χ4v) is 3.97. The molecule has 7 heteroatoms. The summed E-state index contributed by atoms with van der Waals surface area (Å²) in [7, 11) is -3.30. The van der Waals surface area contributed by atoms with Gasteiger partial charge in [-0.2, -0.15) is 0 Å². The number of rotatable bonds is 5. The zero-order chi connectivity index (χ0) is 19.6. The summed E-state index contributed by atoms with van der Waals surface area (Å²) in [6.45, 7) is 0.759. The Hall–Kier alpha value is -2.15. The van der Waals surface area contributed by atoms with Gasteiger partial charge in [-0.15, -0.1) is 0 Å². The highest BCUT2D eigenvalue weighted by molar-refractivity contribution is 7.90. The van der Waals surface area contributed by atoms with Gasteiger partial charge < -0.3 is 10.0 Å². The van der Waals surface area contributed by atoms with Gasteiger partial charge in [0.15, 0.2) is 9.84 Å². The maximum Gasteiger partial charge on any atom is 0.250 e. The van der Waals surface area contributed by atoms with Gasteiger partial charge in [0.25, 0.3) is 5.91 Å². The SMILES string of the molecule is CS(=O)(=O)c1ccc(/C(=C2/CCN(CCO)C2=O)c2ccc(Cl)cc2)cc1. The molecule has 1 amide bonds. The van der Waals surface area contributed by atoms with Crippen molar-refractivity contribution in [2.24, 2.45) is 0 Å². The highest BCUT2D eigenvalue weighted by Crippen LogP contribution is 2.33. The van der Waals surface area contributed by atoms with Gasteiger partial charge in [0.05, 0.1) is 11.5 Å². The van der Waals surface area contributed by atoms with Crippen molar-refractivity contribution in [2.75, 3.05) is 26.0 Å². The Kier molecular flexibility index (Phi) is 5.69. The lowest BCUT2D eigenvalue weighted by Gasteiger charge is -2.15. The average Bonchev–Trinajstić information content (AvgIpc) is 2.98. The first-order valence-electron chi connectivity index (χ1n) is 8.51. The fourth-order valence-electron chi connectivity index (χ4n) is 3.21.